The SMILES string of the molecule is CC(=O)N1CCC(C(=O)NCCN2CCCCS2(=O)=O)CC1. The highest BCUT2D eigenvalue weighted by Gasteiger charge is 2.27. The number of carbonyl (C=O) groups excluding carboxylic acids is 2. The van der Waals surface area contributed by atoms with Crippen LogP contribution in [-0.4, -0.2) is 67.9 Å². The molecule has 0 radical (unpaired) electrons. The van der Waals surface area contributed by atoms with E-state index in [1.54, 1.807) is 11.8 Å². The van der Waals surface area contributed by atoms with Gasteiger partial charge in [-0.1, -0.05) is 0 Å². The predicted octanol–water partition coefficient (Wildman–Crippen LogP) is -0.213. The van der Waals surface area contributed by atoms with Crippen molar-refractivity contribution in [2.24, 2.45) is 5.92 Å². The zero-order valence-electron chi connectivity index (χ0n) is 13.1. The largest absolute Gasteiger partial charge is 0.355 e. The summed E-state index contributed by atoms with van der Waals surface area (Å²) in [6.45, 7) is 4.03. The minimum atomic E-state index is -3.13. The second-order valence-electron chi connectivity index (χ2n) is 5.99. The van der Waals surface area contributed by atoms with Crippen LogP contribution in [-0.2, 0) is 19.6 Å². The highest BCUT2D eigenvalue weighted by Crippen LogP contribution is 2.17. The smallest absolute Gasteiger partial charge is 0.223 e. The van der Waals surface area contributed by atoms with Gasteiger partial charge in [-0.15, -0.1) is 0 Å². The monoisotopic (exact) mass is 331 g/mol. The molecule has 0 atom stereocenters. The van der Waals surface area contributed by atoms with Crippen molar-refractivity contribution < 1.29 is 18.0 Å². The molecule has 8 heteroatoms. The molecule has 1 N–H and O–H groups in total. The quantitative estimate of drug-likeness (QED) is 0.772. The second kappa shape index (κ2) is 7.41. The second-order valence-corrected chi connectivity index (χ2v) is 8.08. The minimum Gasteiger partial charge on any atom is -0.355 e. The van der Waals surface area contributed by atoms with E-state index in [0.29, 0.717) is 45.6 Å². The fraction of sp³-hybridized carbons (Fsp3) is 0.857. The van der Waals surface area contributed by atoms with Crippen LogP contribution in [0.4, 0.5) is 0 Å². The van der Waals surface area contributed by atoms with Crippen LogP contribution >= 0.6 is 0 Å². The first kappa shape index (κ1) is 17.2. The molecule has 2 heterocycles. The minimum absolute atomic E-state index is 0.0300. The number of hydrogen-bond acceptors (Lipinski definition) is 4. The summed E-state index contributed by atoms with van der Waals surface area (Å²) in [6.07, 6.45) is 2.96. The van der Waals surface area contributed by atoms with Crippen LogP contribution in [0.5, 0.6) is 0 Å². The lowest BCUT2D eigenvalue weighted by Gasteiger charge is -2.31. The molecule has 0 spiro atoms. The summed E-state index contributed by atoms with van der Waals surface area (Å²) >= 11 is 0. The summed E-state index contributed by atoms with van der Waals surface area (Å²) in [7, 11) is -3.13. The van der Waals surface area contributed by atoms with Gasteiger partial charge in [0.1, 0.15) is 0 Å². The topological polar surface area (TPSA) is 86.8 Å². The van der Waals surface area contributed by atoms with Gasteiger partial charge >= 0.3 is 0 Å². The Morgan fingerprint density at radius 1 is 1.14 bits per heavy atom. The van der Waals surface area contributed by atoms with Crippen molar-refractivity contribution in [1.82, 2.24) is 14.5 Å². The van der Waals surface area contributed by atoms with E-state index in [1.165, 1.54) is 4.31 Å². The lowest BCUT2D eigenvalue weighted by molar-refractivity contribution is -0.133. The average molecular weight is 331 g/mol. The molecule has 0 aromatic heterocycles. The van der Waals surface area contributed by atoms with Crippen molar-refractivity contribution in [3.8, 4) is 0 Å². The summed E-state index contributed by atoms with van der Waals surface area (Å²) in [5.74, 6) is 0.158. The molecule has 0 saturated carbocycles. The van der Waals surface area contributed by atoms with E-state index in [2.05, 4.69) is 5.32 Å². The number of hydrogen-bond donors (Lipinski definition) is 1. The van der Waals surface area contributed by atoms with Crippen LogP contribution in [0.15, 0.2) is 0 Å². The molecule has 2 aliphatic heterocycles. The molecule has 2 aliphatic rings. The van der Waals surface area contributed by atoms with E-state index in [1.807, 2.05) is 0 Å². The molecule has 126 valence electrons. The molecular formula is C14H25N3O4S. The van der Waals surface area contributed by atoms with Gasteiger partial charge in [0.2, 0.25) is 21.8 Å². The summed E-state index contributed by atoms with van der Waals surface area (Å²) in [6, 6.07) is 0. The number of rotatable bonds is 4. The molecule has 0 unspecified atom stereocenters. The van der Waals surface area contributed by atoms with Gasteiger partial charge in [-0.25, -0.2) is 12.7 Å². The highest BCUT2D eigenvalue weighted by atomic mass is 32.2. The number of amides is 2. The Hall–Kier alpha value is -1.15. The first-order chi connectivity index (χ1) is 10.4. The van der Waals surface area contributed by atoms with Gasteiger partial charge in [-0.2, -0.15) is 0 Å². The van der Waals surface area contributed by atoms with Gasteiger partial charge < -0.3 is 10.2 Å². The fourth-order valence-electron chi connectivity index (χ4n) is 3.00. The van der Waals surface area contributed by atoms with Crippen molar-refractivity contribution in [1.29, 1.82) is 0 Å². The van der Waals surface area contributed by atoms with E-state index < -0.39 is 10.0 Å². The maximum absolute atomic E-state index is 12.1. The third kappa shape index (κ3) is 4.42. The van der Waals surface area contributed by atoms with Crippen molar-refractivity contribution in [3.05, 3.63) is 0 Å². The van der Waals surface area contributed by atoms with Crippen LogP contribution in [0.3, 0.4) is 0 Å². The van der Waals surface area contributed by atoms with Crippen molar-refractivity contribution in [3.63, 3.8) is 0 Å². The number of sulfonamides is 1. The number of nitrogens with one attached hydrogen (secondary N) is 1. The third-order valence-corrected chi connectivity index (χ3v) is 6.38. The Labute approximate surface area is 132 Å². The van der Waals surface area contributed by atoms with Crippen LogP contribution in [0.25, 0.3) is 0 Å². The molecule has 2 saturated heterocycles. The van der Waals surface area contributed by atoms with Crippen LogP contribution in [0.2, 0.25) is 0 Å². The van der Waals surface area contributed by atoms with E-state index in [9.17, 15) is 18.0 Å². The Morgan fingerprint density at radius 3 is 2.41 bits per heavy atom. The Bertz CT molecular complexity index is 512. The maximum atomic E-state index is 12.1. The summed E-state index contributed by atoms with van der Waals surface area (Å²) in [5, 5.41) is 2.83. The van der Waals surface area contributed by atoms with E-state index in [-0.39, 0.29) is 23.5 Å². The molecule has 0 aliphatic carbocycles. The molecule has 2 amide bonds. The predicted molar refractivity (Wildman–Crippen MR) is 82.6 cm³/mol. The van der Waals surface area contributed by atoms with Crippen LogP contribution in [0.1, 0.15) is 32.6 Å². The first-order valence-corrected chi connectivity index (χ1v) is 9.52. The molecule has 22 heavy (non-hydrogen) atoms. The standard InChI is InChI=1S/C14H25N3O4S/c1-12(18)16-8-4-13(5-9-16)14(19)15-6-10-17-7-2-3-11-22(17,20)21/h13H,2-11H2,1H3,(H,15,19). The molecule has 7 nitrogen and oxygen atoms in total. The fourth-order valence-corrected chi connectivity index (χ4v) is 4.60. The Kier molecular flexibility index (Phi) is 5.80. The van der Waals surface area contributed by atoms with E-state index >= 15 is 0 Å². The van der Waals surface area contributed by atoms with Crippen LogP contribution < -0.4 is 5.32 Å². The van der Waals surface area contributed by atoms with Crippen molar-refractivity contribution in [2.45, 2.75) is 32.6 Å². The molecule has 2 fully saturated rings. The summed E-state index contributed by atoms with van der Waals surface area (Å²) < 4.78 is 25.1. The van der Waals surface area contributed by atoms with Crippen molar-refractivity contribution >= 4 is 21.8 Å². The molecular weight excluding hydrogens is 306 g/mol. The molecule has 0 bridgehead atoms. The Morgan fingerprint density at radius 2 is 1.82 bits per heavy atom. The van der Waals surface area contributed by atoms with E-state index in [0.717, 1.165) is 12.8 Å². The maximum Gasteiger partial charge on any atom is 0.223 e. The van der Waals surface area contributed by atoms with E-state index in [4.69, 9.17) is 0 Å². The van der Waals surface area contributed by atoms with Crippen molar-refractivity contribution in [2.75, 3.05) is 38.5 Å². The van der Waals surface area contributed by atoms with Gasteiger partial charge in [-0.05, 0) is 25.7 Å². The first-order valence-electron chi connectivity index (χ1n) is 7.91. The molecule has 2 rings (SSSR count). The molecule has 0 aromatic rings. The summed E-state index contributed by atoms with van der Waals surface area (Å²) in [4.78, 5) is 25.1. The zero-order valence-corrected chi connectivity index (χ0v) is 13.9. The highest BCUT2D eigenvalue weighted by molar-refractivity contribution is 7.89. The van der Waals surface area contributed by atoms with Gasteiger partial charge in [-0.3, -0.25) is 9.59 Å². The van der Waals surface area contributed by atoms with Gasteiger partial charge in [0, 0.05) is 45.6 Å². The van der Waals surface area contributed by atoms with Gasteiger partial charge in [0.15, 0.2) is 0 Å². The number of nitrogens with zero attached hydrogens (tertiary/aromatic N) is 2. The zero-order chi connectivity index (χ0) is 16.2. The lowest BCUT2D eigenvalue weighted by Crippen LogP contribution is -2.45. The number of likely N-dealkylation sites (tertiary alicyclic amines) is 1. The number of carbonyl (C=O) groups is 2. The summed E-state index contributed by atoms with van der Waals surface area (Å²) in [5.41, 5.74) is 0. The normalized spacial score (nSPS) is 23.2. The van der Waals surface area contributed by atoms with Gasteiger partial charge in [0.05, 0.1) is 5.75 Å². The Balaban J connectivity index is 1.71. The lowest BCUT2D eigenvalue weighted by atomic mass is 9.96. The van der Waals surface area contributed by atoms with Gasteiger partial charge in [0.25, 0.3) is 0 Å². The van der Waals surface area contributed by atoms with Crippen LogP contribution in [0, 0.1) is 5.92 Å². The third-order valence-electron chi connectivity index (χ3n) is 4.42. The molecule has 0 aromatic carbocycles. The average Bonchev–Trinajstić information content (AvgIpc) is 2.48. The number of piperidine rings is 1.